The summed E-state index contributed by atoms with van der Waals surface area (Å²) < 4.78 is 5.68. The molecule has 2 aromatic carbocycles. The van der Waals surface area contributed by atoms with Gasteiger partial charge in [-0.2, -0.15) is 0 Å². The zero-order valence-electron chi connectivity index (χ0n) is 16.7. The van der Waals surface area contributed by atoms with Gasteiger partial charge < -0.3 is 15.2 Å². The second kappa shape index (κ2) is 9.29. The van der Waals surface area contributed by atoms with Crippen LogP contribution in [0.15, 0.2) is 60.8 Å². The van der Waals surface area contributed by atoms with E-state index in [-0.39, 0.29) is 16.6 Å². The highest BCUT2D eigenvalue weighted by Gasteiger charge is 2.21. The van der Waals surface area contributed by atoms with E-state index in [0.717, 1.165) is 18.1 Å². The number of halogens is 1. The Balaban J connectivity index is 1.43. The molecule has 1 amide bonds. The second-order valence-electron chi connectivity index (χ2n) is 7.56. The van der Waals surface area contributed by atoms with Crippen molar-refractivity contribution in [2.45, 2.75) is 19.4 Å². The predicted molar refractivity (Wildman–Crippen MR) is 118 cm³/mol. The van der Waals surface area contributed by atoms with E-state index < -0.39 is 5.97 Å². The zero-order chi connectivity index (χ0) is 21.8. The molecule has 158 valence electrons. The summed E-state index contributed by atoms with van der Waals surface area (Å²) in [6, 6.07) is 15.9. The molecule has 1 heterocycles. The quantitative estimate of drug-likeness (QED) is 0.469. The number of aromatic nitrogens is 1. The smallest absolute Gasteiger partial charge is 0.338 e. The van der Waals surface area contributed by atoms with Crippen LogP contribution < -0.4 is 5.32 Å². The van der Waals surface area contributed by atoms with Crippen LogP contribution in [-0.4, -0.2) is 28.6 Å². The molecule has 1 fully saturated rings. The molecule has 7 heteroatoms. The Kier molecular flexibility index (Phi) is 6.30. The van der Waals surface area contributed by atoms with Gasteiger partial charge in [0.2, 0.25) is 0 Å². The lowest BCUT2D eigenvalue weighted by Crippen LogP contribution is -2.12. The maximum Gasteiger partial charge on any atom is 0.338 e. The van der Waals surface area contributed by atoms with E-state index in [1.807, 2.05) is 24.3 Å². The number of carboxylic acids is 1. The summed E-state index contributed by atoms with van der Waals surface area (Å²) in [5.74, 6) is -0.691. The van der Waals surface area contributed by atoms with Gasteiger partial charge in [0.05, 0.1) is 12.2 Å². The Labute approximate surface area is 184 Å². The highest BCUT2D eigenvalue weighted by Crippen LogP contribution is 2.29. The molecule has 0 unspecified atom stereocenters. The van der Waals surface area contributed by atoms with Gasteiger partial charge in [0, 0.05) is 29.6 Å². The number of carboxylic acid groups (broad SMARTS) is 1. The van der Waals surface area contributed by atoms with Crippen LogP contribution in [0.3, 0.4) is 0 Å². The predicted octanol–water partition coefficient (Wildman–Crippen LogP) is 5.28. The fourth-order valence-corrected chi connectivity index (χ4v) is 3.30. The van der Waals surface area contributed by atoms with E-state index in [4.69, 9.17) is 16.3 Å². The highest BCUT2D eigenvalue weighted by molar-refractivity contribution is 6.32. The number of rotatable bonds is 8. The topological polar surface area (TPSA) is 88.5 Å². The number of hydrogen-bond acceptors (Lipinski definition) is 4. The first-order chi connectivity index (χ1) is 15.0. The maximum absolute atomic E-state index is 12.7. The summed E-state index contributed by atoms with van der Waals surface area (Å²) in [5, 5.41) is 12.0. The van der Waals surface area contributed by atoms with Crippen molar-refractivity contribution in [2.75, 3.05) is 11.9 Å². The van der Waals surface area contributed by atoms with Crippen LogP contribution in [0.5, 0.6) is 0 Å². The summed E-state index contributed by atoms with van der Waals surface area (Å²) in [4.78, 5) is 27.9. The van der Waals surface area contributed by atoms with Gasteiger partial charge >= 0.3 is 5.97 Å². The number of amides is 1. The summed E-state index contributed by atoms with van der Waals surface area (Å²) >= 11 is 5.84. The first-order valence-corrected chi connectivity index (χ1v) is 10.3. The SMILES string of the molecule is O=C(Nc1ccc(COCC2CC2)cc1)c1cccc(-c2cnc(Cl)c(C(=O)O)c2)c1. The van der Waals surface area contributed by atoms with Crippen LogP contribution in [0.2, 0.25) is 5.15 Å². The lowest BCUT2D eigenvalue weighted by atomic mass is 10.0. The number of anilines is 1. The van der Waals surface area contributed by atoms with Gasteiger partial charge in [0.25, 0.3) is 5.91 Å². The van der Waals surface area contributed by atoms with Gasteiger partial charge in [0.1, 0.15) is 5.15 Å². The van der Waals surface area contributed by atoms with Crippen LogP contribution in [0.4, 0.5) is 5.69 Å². The normalized spacial score (nSPS) is 13.1. The maximum atomic E-state index is 12.7. The molecule has 1 aliphatic rings. The van der Waals surface area contributed by atoms with E-state index in [0.29, 0.717) is 29.0 Å². The van der Waals surface area contributed by atoms with Gasteiger partial charge in [-0.15, -0.1) is 0 Å². The van der Waals surface area contributed by atoms with Gasteiger partial charge in [-0.3, -0.25) is 4.79 Å². The van der Waals surface area contributed by atoms with Gasteiger partial charge in [0.15, 0.2) is 0 Å². The molecule has 3 aromatic rings. The van der Waals surface area contributed by atoms with Crippen molar-refractivity contribution in [3.8, 4) is 11.1 Å². The van der Waals surface area contributed by atoms with Crippen molar-refractivity contribution in [1.82, 2.24) is 4.98 Å². The molecule has 1 aromatic heterocycles. The molecular weight excluding hydrogens is 416 g/mol. The molecule has 6 nitrogen and oxygen atoms in total. The van der Waals surface area contributed by atoms with Gasteiger partial charge in [-0.1, -0.05) is 35.9 Å². The van der Waals surface area contributed by atoms with E-state index in [1.54, 1.807) is 24.3 Å². The van der Waals surface area contributed by atoms with Gasteiger partial charge in [-0.05, 0) is 60.2 Å². The fourth-order valence-electron chi connectivity index (χ4n) is 3.11. The number of benzene rings is 2. The molecule has 2 N–H and O–H groups in total. The monoisotopic (exact) mass is 436 g/mol. The number of hydrogen-bond donors (Lipinski definition) is 2. The number of nitrogens with one attached hydrogen (secondary N) is 1. The molecule has 0 radical (unpaired) electrons. The first-order valence-electron chi connectivity index (χ1n) is 9.97. The molecule has 0 aliphatic heterocycles. The number of nitrogens with zero attached hydrogens (tertiary/aromatic N) is 1. The molecule has 31 heavy (non-hydrogen) atoms. The molecule has 0 saturated heterocycles. The molecule has 1 aliphatic carbocycles. The third-order valence-electron chi connectivity index (χ3n) is 5.06. The Hall–Kier alpha value is -3.22. The van der Waals surface area contributed by atoms with Crippen molar-refractivity contribution < 1.29 is 19.4 Å². The molecule has 0 spiro atoms. The number of pyridine rings is 1. The second-order valence-corrected chi connectivity index (χ2v) is 7.92. The summed E-state index contributed by atoms with van der Waals surface area (Å²) in [5.41, 5.74) is 3.33. The largest absolute Gasteiger partial charge is 0.478 e. The van der Waals surface area contributed by atoms with E-state index in [1.165, 1.54) is 25.1 Å². The fraction of sp³-hybridized carbons (Fsp3) is 0.208. The minimum Gasteiger partial charge on any atom is -0.478 e. The minimum absolute atomic E-state index is 0.0773. The molecule has 4 rings (SSSR count). The van der Waals surface area contributed by atoms with Crippen molar-refractivity contribution in [2.24, 2.45) is 5.92 Å². The van der Waals surface area contributed by atoms with E-state index >= 15 is 0 Å². The molecular formula is C24H21ClN2O4. The molecule has 0 atom stereocenters. The highest BCUT2D eigenvalue weighted by atomic mass is 35.5. The Morgan fingerprint density at radius 3 is 2.58 bits per heavy atom. The number of carbonyl (C=O) groups is 2. The molecule has 1 saturated carbocycles. The van der Waals surface area contributed by atoms with Crippen molar-refractivity contribution in [3.05, 3.63) is 82.6 Å². The van der Waals surface area contributed by atoms with Crippen molar-refractivity contribution >= 4 is 29.2 Å². The van der Waals surface area contributed by atoms with Crippen LogP contribution in [0.25, 0.3) is 11.1 Å². The van der Waals surface area contributed by atoms with Crippen LogP contribution in [0, 0.1) is 5.92 Å². The minimum atomic E-state index is -1.16. The lowest BCUT2D eigenvalue weighted by molar-refractivity contribution is 0.0696. The van der Waals surface area contributed by atoms with E-state index in [2.05, 4.69) is 10.3 Å². The van der Waals surface area contributed by atoms with Crippen molar-refractivity contribution in [3.63, 3.8) is 0 Å². The van der Waals surface area contributed by atoms with Crippen molar-refractivity contribution in [1.29, 1.82) is 0 Å². The summed E-state index contributed by atoms with van der Waals surface area (Å²) in [7, 11) is 0. The number of ether oxygens (including phenoxy) is 1. The number of aromatic carboxylic acids is 1. The zero-order valence-corrected chi connectivity index (χ0v) is 17.4. The van der Waals surface area contributed by atoms with Gasteiger partial charge in [-0.25, -0.2) is 9.78 Å². The third kappa shape index (κ3) is 5.48. The first kappa shape index (κ1) is 21.0. The average Bonchev–Trinajstić information content (AvgIpc) is 3.59. The average molecular weight is 437 g/mol. The summed E-state index contributed by atoms with van der Waals surface area (Å²) in [6.45, 7) is 1.38. The Morgan fingerprint density at radius 2 is 1.87 bits per heavy atom. The standard InChI is InChI=1S/C24H21ClN2O4/c25-22-21(24(29)30)11-19(12-26-22)17-2-1-3-18(10-17)23(28)27-20-8-6-16(7-9-20)14-31-13-15-4-5-15/h1-3,6-12,15H,4-5,13-14H2,(H,27,28)(H,29,30). The number of carbonyl (C=O) groups excluding carboxylic acids is 1. The van der Waals surface area contributed by atoms with Crippen LogP contribution in [0.1, 0.15) is 39.1 Å². The van der Waals surface area contributed by atoms with E-state index in [9.17, 15) is 14.7 Å². The summed E-state index contributed by atoms with van der Waals surface area (Å²) in [6.07, 6.45) is 4.01. The lowest BCUT2D eigenvalue weighted by Gasteiger charge is -2.09. The Morgan fingerprint density at radius 1 is 1.10 bits per heavy atom. The van der Waals surface area contributed by atoms with Crippen LogP contribution in [-0.2, 0) is 11.3 Å². The Bertz CT molecular complexity index is 1110. The van der Waals surface area contributed by atoms with Crippen LogP contribution >= 0.6 is 11.6 Å². The molecule has 0 bridgehead atoms. The third-order valence-corrected chi connectivity index (χ3v) is 5.36.